The van der Waals surface area contributed by atoms with Crippen molar-refractivity contribution in [2.45, 2.75) is 47.3 Å². The van der Waals surface area contributed by atoms with E-state index in [-0.39, 0.29) is 5.91 Å². The van der Waals surface area contributed by atoms with Crippen molar-refractivity contribution in [3.05, 3.63) is 70.3 Å². The molecule has 26 heavy (non-hydrogen) atoms. The zero-order valence-electron chi connectivity index (χ0n) is 15.8. The van der Waals surface area contributed by atoms with Crippen LogP contribution in [0.5, 0.6) is 0 Å². The maximum Gasteiger partial charge on any atom is 0.251 e. The third kappa shape index (κ3) is 3.85. The molecule has 0 bridgehead atoms. The fourth-order valence-electron chi connectivity index (χ4n) is 3.07. The van der Waals surface area contributed by atoms with Gasteiger partial charge in [-0.3, -0.25) is 14.2 Å². The van der Waals surface area contributed by atoms with E-state index in [0.717, 1.165) is 34.8 Å². The Hall–Kier alpha value is -2.89. The van der Waals surface area contributed by atoms with Crippen LogP contribution in [-0.4, -0.2) is 25.5 Å². The third-order valence-corrected chi connectivity index (χ3v) is 4.57. The summed E-state index contributed by atoms with van der Waals surface area (Å²) < 4.78 is 3.88. The molecule has 1 amide bonds. The fraction of sp³-hybridized carbons (Fsp3) is 0.350. The molecule has 1 N–H and O–H groups in total. The number of nitrogens with zero attached hydrogens (tertiary/aromatic N) is 4. The highest BCUT2D eigenvalue weighted by Gasteiger charge is 2.10. The van der Waals surface area contributed by atoms with E-state index in [1.165, 1.54) is 0 Å². The van der Waals surface area contributed by atoms with Crippen LogP contribution in [0.1, 0.15) is 45.5 Å². The molecule has 0 saturated carbocycles. The van der Waals surface area contributed by atoms with E-state index < -0.39 is 0 Å². The Morgan fingerprint density at radius 2 is 1.96 bits per heavy atom. The summed E-state index contributed by atoms with van der Waals surface area (Å²) in [4.78, 5) is 12.5. The molecular weight excluding hydrogens is 326 g/mol. The first-order valence-electron chi connectivity index (χ1n) is 8.87. The van der Waals surface area contributed by atoms with E-state index in [1.54, 1.807) is 0 Å². The second-order valence-corrected chi connectivity index (χ2v) is 6.54. The second-order valence-electron chi connectivity index (χ2n) is 6.54. The molecule has 0 saturated heterocycles. The topological polar surface area (TPSA) is 64.7 Å². The SMILES string of the molecule is CCn1ncc(CNC(=O)c2cccc(Cn3nc(C)cc3C)c2)c1C. The molecule has 0 fully saturated rings. The Morgan fingerprint density at radius 1 is 1.15 bits per heavy atom. The summed E-state index contributed by atoms with van der Waals surface area (Å²) in [5.41, 5.74) is 5.95. The lowest BCUT2D eigenvalue weighted by Crippen LogP contribution is -2.23. The van der Waals surface area contributed by atoms with Gasteiger partial charge in [-0.15, -0.1) is 0 Å². The molecule has 2 aromatic heterocycles. The number of nitrogens with one attached hydrogen (secondary N) is 1. The van der Waals surface area contributed by atoms with Gasteiger partial charge in [-0.2, -0.15) is 10.2 Å². The van der Waals surface area contributed by atoms with Crippen molar-refractivity contribution in [1.82, 2.24) is 24.9 Å². The van der Waals surface area contributed by atoms with Crippen LogP contribution in [0.4, 0.5) is 0 Å². The van der Waals surface area contributed by atoms with Crippen molar-refractivity contribution in [2.75, 3.05) is 0 Å². The van der Waals surface area contributed by atoms with Gasteiger partial charge in [0.25, 0.3) is 5.91 Å². The van der Waals surface area contributed by atoms with Crippen LogP contribution in [0.2, 0.25) is 0 Å². The van der Waals surface area contributed by atoms with Crippen molar-refractivity contribution in [3.8, 4) is 0 Å². The van der Waals surface area contributed by atoms with Crippen LogP contribution in [0.25, 0.3) is 0 Å². The quantitative estimate of drug-likeness (QED) is 0.742. The van der Waals surface area contributed by atoms with Crippen LogP contribution in [0, 0.1) is 20.8 Å². The molecule has 2 heterocycles. The standard InChI is InChI=1S/C20H25N5O/c1-5-24-16(4)19(12-22-24)11-21-20(26)18-8-6-7-17(10-18)13-25-15(3)9-14(2)23-25/h6-10,12H,5,11,13H2,1-4H3,(H,21,26). The van der Waals surface area contributed by atoms with E-state index in [2.05, 4.69) is 28.5 Å². The normalized spacial score (nSPS) is 10.9. The Bertz CT molecular complexity index is 922. The Labute approximate surface area is 153 Å². The van der Waals surface area contributed by atoms with E-state index in [9.17, 15) is 4.79 Å². The summed E-state index contributed by atoms with van der Waals surface area (Å²) in [6, 6.07) is 9.74. The number of aryl methyl sites for hydroxylation is 3. The largest absolute Gasteiger partial charge is 0.348 e. The lowest BCUT2D eigenvalue weighted by molar-refractivity contribution is 0.0950. The van der Waals surface area contributed by atoms with E-state index in [1.807, 2.05) is 60.6 Å². The van der Waals surface area contributed by atoms with Gasteiger partial charge in [-0.25, -0.2) is 0 Å². The second kappa shape index (κ2) is 7.56. The van der Waals surface area contributed by atoms with E-state index in [0.29, 0.717) is 18.7 Å². The van der Waals surface area contributed by atoms with Gasteiger partial charge in [-0.1, -0.05) is 12.1 Å². The first-order valence-corrected chi connectivity index (χ1v) is 8.87. The highest BCUT2D eigenvalue weighted by Crippen LogP contribution is 2.11. The fourth-order valence-corrected chi connectivity index (χ4v) is 3.07. The maximum absolute atomic E-state index is 12.5. The minimum Gasteiger partial charge on any atom is -0.348 e. The average Bonchev–Trinajstić information content (AvgIpc) is 3.14. The van der Waals surface area contributed by atoms with Crippen molar-refractivity contribution in [3.63, 3.8) is 0 Å². The van der Waals surface area contributed by atoms with Crippen LogP contribution >= 0.6 is 0 Å². The monoisotopic (exact) mass is 351 g/mol. The van der Waals surface area contributed by atoms with E-state index >= 15 is 0 Å². The van der Waals surface area contributed by atoms with Crippen LogP contribution in [0.3, 0.4) is 0 Å². The summed E-state index contributed by atoms with van der Waals surface area (Å²) in [6.07, 6.45) is 1.82. The Kier molecular flexibility index (Phi) is 5.21. The average molecular weight is 351 g/mol. The van der Waals surface area contributed by atoms with Gasteiger partial charge in [0.05, 0.1) is 18.4 Å². The van der Waals surface area contributed by atoms with E-state index in [4.69, 9.17) is 0 Å². The highest BCUT2D eigenvalue weighted by atomic mass is 16.1. The number of amides is 1. The molecule has 0 radical (unpaired) electrons. The number of hydrogen-bond donors (Lipinski definition) is 1. The lowest BCUT2D eigenvalue weighted by atomic mass is 10.1. The van der Waals surface area contributed by atoms with Crippen LogP contribution in [-0.2, 0) is 19.6 Å². The number of hydrogen-bond acceptors (Lipinski definition) is 3. The number of benzene rings is 1. The minimum atomic E-state index is -0.0798. The number of aromatic nitrogens is 4. The van der Waals surface area contributed by atoms with Gasteiger partial charge in [0.2, 0.25) is 0 Å². The predicted octanol–water partition coefficient (Wildman–Crippen LogP) is 3.00. The molecule has 6 heteroatoms. The van der Waals surface area contributed by atoms with Gasteiger partial charge < -0.3 is 5.32 Å². The van der Waals surface area contributed by atoms with Gasteiger partial charge in [0, 0.05) is 35.6 Å². The summed E-state index contributed by atoms with van der Waals surface area (Å²) in [7, 11) is 0. The predicted molar refractivity (Wildman–Crippen MR) is 101 cm³/mol. The van der Waals surface area contributed by atoms with Crippen LogP contribution < -0.4 is 5.32 Å². The summed E-state index contributed by atoms with van der Waals surface area (Å²) in [5.74, 6) is -0.0798. The summed E-state index contributed by atoms with van der Waals surface area (Å²) >= 11 is 0. The molecular formula is C20H25N5O. The number of carbonyl (C=O) groups is 1. The van der Waals surface area contributed by atoms with Crippen molar-refractivity contribution in [2.24, 2.45) is 0 Å². The van der Waals surface area contributed by atoms with Gasteiger partial charge in [-0.05, 0) is 51.5 Å². The van der Waals surface area contributed by atoms with Crippen molar-refractivity contribution in [1.29, 1.82) is 0 Å². The summed E-state index contributed by atoms with van der Waals surface area (Å²) in [5, 5.41) is 11.8. The maximum atomic E-state index is 12.5. The first kappa shape index (κ1) is 17.9. The highest BCUT2D eigenvalue weighted by molar-refractivity contribution is 5.94. The number of carbonyl (C=O) groups excluding carboxylic acids is 1. The smallest absolute Gasteiger partial charge is 0.251 e. The van der Waals surface area contributed by atoms with Crippen molar-refractivity contribution < 1.29 is 4.79 Å². The van der Waals surface area contributed by atoms with Crippen LogP contribution in [0.15, 0.2) is 36.5 Å². The lowest BCUT2D eigenvalue weighted by Gasteiger charge is -2.08. The van der Waals surface area contributed by atoms with Gasteiger partial charge in [0.15, 0.2) is 0 Å². The Balaban J connectivity index is 1.68. The molecule has 6 nitrogen and oxygen atoms in total. The van der Waals surface area contributed by atoms with Gasteiger partial charge >= 0.3 is 0 Å². The first-order chi connectivity index (χ1) is 12.5. The molecule has 0 unspecified atom stereocenters. The molecule has 0 atom stereocenters. The molecule has 0 aliphatic rings. The van der Waals surface area contributed by atoms with Gasteiger partial charge in [0.1, 0.15) is 0 Å². The minimum absolute atomic E-state index is 0.0798. The third-order valence-electron chi connectivity index (χ3n) is 4.57. The molecule has 0 aliphatic carbocycles. The number of rotatable bonds is 6. The molecule has 3 aromatic rings. The van der Waals surface area contributed by atoms with Crippen molar-refractivity contribution >= 4 is 5.91 Å². The molecule has 1 aromatic carbocycles. The Morgan fingerprint density at radius 3 is 2.62 bits per heavy atom. The zero-order valence-corrected chi connectivity index (χ0v) is 15.8. The molecule has 3 rings (SSSR count). The molecule has 0 aliphatic heterocycles. The molecule has 0 spiro atoms. The zero-order chi connectivity index (χ0) is 18.7. The molecule has 136 valence electrons. The summed E-state index contributed by atoms with van der Waals surface area (Å²) in [6.45, 7) is 10.1.